The van der Waals surface area contributed by atoms with E-state index in [1.807, 2.05) is 35.7 Å². The quantitative estimate of drug-likeness (QED) is 0.570. The third-order valence-corrected chi connectivity index (χ3v) is 4.90. The molecule has 0 bridgehead atoms. The van der Waals surface area contributed by atoms with Crippen molar-refractivity contribution < 1.29 is 4.21 Å². The van der Waals surface area contributed by atoms with E-state index in [4.69, 9.17) is 0 Å². The van der Waals surface area contributed by atoms with E-state index < -0.39 is 10.8 Å². The number of nitrogens with zero attached hydrogens (tertiary/aromatic N) is 1. The highest BCUT2D eigenvalue weighted by molar-refractivity contribution is 7.88. The third-order valence-electron chi connectivity index (χ3n) is 3.67. The van der Waals surface area contributed by atoms with Gasteiger partial charge in [-0.2, -0.15) is 0 Å². The van der Waals surface area contributed by atoms with Crippen LogP contribution in [-0.4, -0.2) is 22.2 Å². The number of hydrogen-bond donors (Lipinski definition) is 0. The Morgan fingerprint density at radius 1 is 1.05 bits per heavy atom. The minimum atomic E-state index is -1.05. The molecule has 0 saturated carbocycles. The average Bonchev–Trinajstić information content (AvgIpc) is 2.53. The number of hydrogen-bond acceptors (Lipinski definition) is 2. The van der Waals surface area contributed by atoms with Crippen molar-refractivity contribution in [2.24, 2.45) is 0 Å². The van der Waals surface area contributed by atoms with Gasteiger partial charge in [-0.25, -0.2) is 4.21 Å². The van der Waals surface area contributed by atoms with E-state index in [0.29, 0.717) is 0 Å². The lowest BCUT2D eigenvalue weighted by Gasteiger charge is -2.24. The van der Waals surface area contributed by atoms with Crippen molar-refractivity contribution >= 4 is 10.8 Å². The summed E-state index contributed by atoms with van der Waals surface area (Å²) < 4.78 is 12.5. The molecule has 0 heterocycles. The third kappa shape index (κ3) is 6.47. The molecule has 0 aliphatic rings. The maximum Gasteiger partial charge on any atom is 0.0793 e. The highest BCUT2D eigenvalue weighted by Crippen LogP contribution is 2.18. The van der Waals surface area contributed by atoms with Gasteiger partial charge in [0, 0.05) is 29.1 Å². The summed E-state index contributed by atoms with van der Waals surface area (Å²) in [6.45, 7) is 8.50. The van der Waals surface area contributed by atoms with Crippen molar-refractivity contribution in [2.75, 3.05) is 13.1 Å². The first-order chi connectivity index (χ1) is 10.2. The Kier molecular flexibility index (Phi) is 9.07. The maximum absolute atomic E-state index is 12.5. The molecule has 0 N–H and O–H groups in total. The van der Waals surface area contributed by atoms with Gasteiger partial charge < -0.3 is 4.90 Å². The van der Waals surface area contributed by atoms with E-state index in [1.54, 1.807) is 0 Å². The van der Waals surface area contributed by atoms with Crippen LogP contribution in [0.2, 0.25) is 0 Å². The van der Waals surface area contributed by atoms with Crippen molar-refractivity contribution in [3.05, 3.63) is 41.4 Å². The zero-order valence-electron chi connectivity index (χ0n) is 13.7. The Balaban J connectivity index is 2.78. The predicted octanol–water partition coefficient (Wildman–Crippen LogP) is 4.95. The van der Waals surface area contributed by atoms with Gasteiger partial charge in [0.25, 0.3) is 0 Å². The van der Waals surface area contributed by atoms with Crippen LogP contribution < -0.4 is 0 Å². The summed E-state index contributed by atoms with van der Waals surface area (Å²) in [4.78, 5) is 3.21. The molecule has 0 aromatic heterocycles. The SMILES string of the molecule is CCCCCC/C(=C\S(=O)c1ccccc1)N(CC)CC. The van der Waals surface area contributed by atoms with Crippen molar-refractivity contribution in [1.82, 2.24) is 4.90 Å². The van der Waals surface area contributed by atoms with Gasteiger partial charge >= 0.3 is 0 Å². The van der Waals surface area contributed by atoms with Crippen LogP contribution in [0.4, 0.5) is 0 Å². The number of rotatable bonds is 10. The number of allylic oxidation sites excluding steroid dienone is 1. The van der Waals surface area contributed by atoms with Gasteiger partial charge in [-0.1, -0.05) is 44.4 Å². The highest BCUT2D eigenvalue weighted by atomic mass is 32.2. The fraction of sp³-hybridized carbons (Fsp3) is 0.556. The molecule has 0 fully saturated rings. The predicted molar refractivity (Wildman–Crippen MR) is 92.6 cm³/mol. The molecule has 2 nitrogen and oxygen atoms in total. The Hall–Kier alpha value is -1.09. The Bertz CT molecular complexity index is 438. The van der Waals surface area contributed by atoms with Gasteiger partial charge in [-0.3, -0.25) is 0 Å². The normalized spacial score (nSPS) is 13.2. The number of benzene rings is 1. The molecule has 0 spiro atoms. The first-order valence-electron chi connectivity index (χ1n) is 8.14. The number of unbranched alkanes of at least 4 members (excludes halogenated alkanes) is 3. The van der Waals surface area contributed by atoms with Crippen LogP contribution in [0.25, 0.3) is 0 Å². The zero-order chi connectivity index (χ0) is 15.5. The second kappa shape index (κ2) is 10.6. The van der Waals surface area contributed by atoms with Crippen molar-refractivity contribution in [1.29, 1.82) is 0 Å². The van der Waals surface area contributed by atoms with Crippen LogP contribution >= 0.6 is 0 Å². The molecule has 1 rings (SSSR count). The topological polar surface area (TPSA) is 20.3 Å². The first kappa shape index (κ1) is 18.0. The van der Waals surface area contributed by atoms with Crippen LogP contribution in [0, 0.1) is 0 Å². The lowest BCUT2D eigenvalue weighted by molar-refractivity contribution is 0.364. The van der Waals surface area contributed by atoms with Gasteiger partial charge in [-0.15, -0.1) is 0 Å². The van der Waals surface area contributed by atoms with Crippen LogP contribution in [-0.2, 0) is 10.8 Å². The van der Waals surface area contributed by atoms with E-state index in [0.717, 1.165) is 24.4 Å². The lowest BCUT2D eigenvalue weighted by atomic mass is 10.1. The van der Waals surface area contributed by atoms with E-state index in [2.05, 4.69) is 25.7 Å². The average molecular weight is 308 g/mol. The molecule has 0 amide bonds. The zero-order valence-corrected chi connectivity index (χ0v) is 14.5. The fourth-order valence-electron chi connectivity index (χ4n) is 2.40. The summed E-state index contributed by atoms with van der Waals surface area (Å²) in [7, 11) is -1.05. The molecule has 0 aliphatic carbocycles. The Morgan fingerprint density at radius 2 is 1.71 bits per heavy atom. The molecule has 1 unspecified atom stereocenters. The van der Waals surface area contributed by atoms with Crippen LogP contribution in [0.3, 0.4) is 0 Å². The second-order valence-corrected chi connectivity index (χ2v) is 6.50. The summed E-state index contributed by atoms with van der Waals surface area (Å²) in [5.74, 6) is 0. The molecule has 3 heteroatoms. The fourth-order valence-corrected chi connectivity index (χ4v) is 3.48. The summed E-state index contributed by atoms with van der Waals surface area (Å²) in [5, 5.41) is 1.95. The molecular formula is C18H29NOS. The largest absolute Gasteiger partial charge is 0.375 e. The van der Waals surface area contributed by atoms with E-state index >= 15 is 0 Å². The van der Waals surface area contributed by atoms with Gasteiger partial charge in [0.15, 0.2) is 0 Å². The van der Waals surface area contributed by atoms with Crippen molar-refractivity contribution in [2.45, 2.75) is 57.8 Å². The van der Waals surface area contributed by atoms with E-state index in [1.165, 1.54) is 31.4 Å². The first-order valence-corrected chi connectivity index (χ1v) is 9.35. The minimum Gasteiger partial charge on any atom is -0.375 e. The summed E-state index contributed by atoms with van der Waals surface area (Å²) in [6.07, 6.45) is 6.00. The molecule has 118 valence electrons. The van der Waals surface area contributed by atoms with Crippen LogP contribution in [0.15, 0.2) is 46.3 Å². The lowest BCUT2D eigenvalue weighted by Crippen LogP contribution is -2.22. The van der Waals surface area contributed by atoms with Crippen LogP contribution in [0.5, 0.6) is 0 Å². The van der Waals surface area contributed by atoms with E-state index in [9.17, 15) is 4.21 Å². The summed E-state index contributed by atoms with van der Waals surface area (Å²) in [5.41, 5.74) is 1.23. The Labute approximate surface area is 132 Å². The molecule has 1 aromatic carbocycles. The monoisotopic (exact) mass is 307 g/mol. The molecule has 0 aliphatic heterocycles. The van der Waals surface area contributed by atoms with E-state index in [-0.39, 0.29) is 0 Å². The van der Waals surface area contributed by atoms with Gasteiger partial charge in [-0.05, 0) is 38.8 Å². The van der Waals surface area contributed by atoms with Gasteiger partial charge in [0.1, 0.15) is 0 Å². The summed E-state index contributed by atoms with van der Waals surface area (Å²) >= 11 is 0. The minimum absolute atomic E-state index is 0.885. The van der Waals surface area contributed by atoms with Crippen LogP contribution in [0.1, 0.15) is 52.9 Å². The second-order valence-electron chi connectivity index (χ2n) is 5.20. The highest BCUT2D eigenvalue weighted by Gasteiger charge is 2.09. The van der Waals surface area contributed by atoms with Gasteiger partial charge in [0.2, 0.25) is 0 Å². The molecular weight excluding hydrogens is 278 g/mol. The maximum atomic E-state index is 12.5. The molecule has 1 atom stereocenters. The van der Waals surface area contributed by atoms with Crippen molar-refractivity contribution in [3.63, 3.8) is 0 Å². The van der Waals surface area contributed by atoms with Gasteiger partial charge in [0.05, 0.1) is 10.8 Å². The molecule has 21 heavy (non-hydrogen) atoms. The Morgan fingerprint density at radius 3 is 2.29 bits per heavy atom. The standard InChI is InChI=1S/C18H29NOS/c1-4-7-8-10-13-17(19(5-2)6-3)16-21(20)18-14-11-9-12-15-18/h9,11-12,14-16H,4-8,10,13H2,1-3H3/b17-16+. The smallest absolute Gasteiger partial charge is 0.0793 e. The molecule has 0 saturated heterocycles. The summed E-state index contributed by atoms with van der Waals surface area (Å²) in [6, 6.07) is 9.71. The van der Waals surface area contributed by atoms with Crippen molar-refractivity contribution in [3.8, 4) is 0 Å². The molecule has 0 radical (unpaired) electrons. The molecule has 1 aromatic rings.